The van der Waals surface area contributed by atoms with Gasteiger partial charge in [-0.15, -0.1) is 0 Å². The highest BCUT2D eigenvalue weighted by Crippen LogP contribution is 2.44. The number of aryl methyl sites for hydroxylation is 1. The average molecular weight is 538 g/mol. The van der Waals surface area contributed by atoms with Crippen LogP contribution >= 0.6 is 12.2 Å². The van der Waals surface area contributed by atoms with Gasteiger partial charge in [-0.2, -0.15) is 0 Å². The zero-order chi connectivity index (χ0) is 27.7. The second-order valence-electron chi connectivity index (χ2n) is 10.6. The third-order valence-corrected chi connectivity index (χ3v) is 8.28. The predicted octanol–water partition coefficient (Wildman–Crippen LogP) is 7.64. The normalized spacial score (nSPS) is 17.1. The van der Waals surface area contributed by atoms with Crippen molar-refractivity contribution in [1.29, 1.82) is 0 Å². The Kier molecular flexibility index (Phi) is 7.76. The summed E-state index contributed by atoms with van der Waals surface area (Å²) in [5.41, 5.74) is 9.48. The minimum Gasteiger partial charge on any atom is -0.372 e. The first-order valence-corrected chi connectivity index (χ1v) is 14.4. The molecule has 3 heterocycles. The van der Waals surface area contributed by atoms with Crippen molar-refractivity contribution >= 4 is 28.7 Å². The smallest absolute Gasteiger partial charge is 0.174 e. The number of rotatable bonds is 8. The zero-order valence-electron chi connectivity index (χ0n) is 23.8. The fourth-order valence-corrected chi connectivity index (χ4v) is 6.20. The molecule has 1 fully saturated rings. The maximum atomic E-state index is 5.97. The fourth-order valence-electron chi connectivity index (χ4n) is 5.85. The molecule has 5 nitrogen and oxygen atoms in total. The topological polar surface area (TPSA) is 36.3 Å². The van der Waals surface area contributed by atoms with Crippen LogP contribution in [0.4, 0.5) is 11.4 Å². The number of nitrogens with one attached hydrogen (secondary N) is 1. The van der Waals surface area contributed by atoms with E-state index in [0.29, 0.717) is 5.92 Å². The summed E-state index contributed by atoms with van der Waals surface area (Å²) in [7, 11) is 0. The molecule has 0 amide bonds. The van der Waals surface area contributed by atoms with Crippen LogP contribution in [-0.4, -0.2) is 27.8 Å². The quantitative estimate of drug-likeness (QED) is 0.234. The maximum absolute atomic E-state index is 5.97. The summed E-state index contributed by atoms with van der Waals surface area (Å²) in [6.07, 6.45) is 1.86. The largest absolute Gasteiger partial charge is 0.372 e. The molecule has 0 aliphatic carbocycles. The van der Waals surface area contributed by atoms with Crippen molar-refractivity contribution in [3.8, 4) is 5.69 Å². The van der Waals surface area contributed by atoms with Crippen LogP contribution in [0.25, 0.3) is 5.69 Å². The maximum Gasteiger partial charge on any atom is 0.174 e. The molecule has 0 bridgehead atoms. The van der Waals surface area contributed by atoms with Gasteiger partial charge in [-0.25, -0.2) is 0 Å². The van der Waals surface area contributed by atoms with E-state index in [9.17, 15) is 0 Å². The van der Waals surface area contributed by atoms with Gasteiger partial charge in [-0.1, -0.05) is 32.0 Å². The minimum absolute atomic E-state index is 0.0350. The Morgan fingerprint density at radius 1 is 0.923 bits per heavy atom. The molecule has 1 aliphatic heterocycles. The molecule has 39 heavy (non-hydrogen) atoms. The fraction of sp³-hybridized carbons (Fsp3) is 0.333. The highest BCUT2D eigenvalue weighted by molar-refractivity contribution is 7.80. The Labute approximate surface area is 238 Å². The van der Waals surface area contributed by atoms with Crippen LogP contribution in [-0.2, 0) is 0 Å². The van der Waals surface area contributed by atoms with Crippen LogP contribution in [0.15, 0.2) is 79.0 Å². The number of aromatic nitrogens is 2. The van der Waals surface area contributed by atoms with Gasteiger partial charge in [0, 0.05) is 47.7 Å². The van der Waals surface area contributed by atoms with E-state index < -0.39 is 0 Å². The minimum atomic E-state index is -0.0672. The molecule has 0 saturated carbocycles. The number of nitrogens with zero attached hydrogens (tertiary/aromatic N) is 4. The van der Waals surface area contributed by atoms with Crippen molar-refractivity contribution in [2.24, 2.45) is 0 Å². The number of hydrogen-bond donors (Lipinski definition) is 1. The van der Waals surface area contributed by atoms with Gasteiger partial charge in [0.05, 0.1) is 17.8 Å². The van der Waals surface area contributed by atoms with Gasteiger partial charge in [0.1, 0.15) is 0 Å². The van der Waals surface area contributed by atoms with Gasteiger partial charge in [-0.05, 0) is 112 Å². The molecule has 0 radical (unpaired) electrons. The van der Waals surface area contributed by atoms with E-state index >= 15 is 0 Å². The number of hydrogen-bond acceptors (Lipinski definition) is 3. The second kappa shape index (κ2) is 11.2. The number of anilines is 2. The van der Waals surface area contributed by atoms with E-state index in [-0.39, 0.29) is 12.1 Å². The lowest BCUT2D eigenvalue weighted by molar-refractivity contribution is 0.565. The summed E-state index contributed by atoms with van der Waals surface area (Å²) < 4.78 is 2.36. The first-order chi connectivity index (χ1) is 18.8. The molecule has 1 N–H and O–H groups in total. The van der Waals surface area contributed by atoms with E-state index in [1.165, 1.54) is 33.9 Å². The second-order valence-corrected chi connectivity index (χ2v) is 11.0. The van der Waals surface area contributed by atoms with Crippen molar-refractivity contribution in [3.05, 3.63) is 107 Å². The molecule has 202 valence electrons. The van der Waals surface area contributed by atoms with Crippen LogP contribution in [0.2, 0.25) is 0 Å². The third kappa shape index (κ3) is 5.06. The molecule has 5 rings (SSSR count). The van der Waals surface area contributed by atoms with Crippen molar-refractivity contribution in [2.75, 3.05) is 22.9 Å². The van der Waals surface area contributed by atoms with Gasteiger partial charge < -0.3 is 19.7 Å². The summed E-state index contributed by atoms with van der Waals surface area (Å²) in [6, 6.07) is 26.1. The highest BCUT2D eigenvalue weighted by atomic mass is 32.1. The molecule has 2 aromatic heterocycles. The lowest BCUT2D eigenvalue weighted by Crippen LogP contribution is -2.29. The Balaban J connectivity index is 1.60. The Morgan fingerprint density at radius 3 is 2.18 bits per heavy atom. The lowest BCUT2D eigenvalue weighted by atomic mass is 9.96. The summed E-state index contributed by atoms with van der Waals surface area (Å²) in [4.78, 5) is 9.38. The predicted molar refractivity (Wildman–Crippen MR) is 167 cm³/mol. The van der Waals surface area contributed by atoms with Crippen LogP contribution in [0, 0.1) is 13.8 Å². The molecule has 2 aromatic carbocycles. The Bertz CT molecular complexity index is 1420. The SMILES string of the molecule is CCN(CC)c1ccc(-n2c(C)cc(C3C(c4ccccn4)NC(=S)N3c3ccc(C(C)C)cc3)c2C)cc1. The van der Waals surface area contributed by atoms with E-state index in [1.54, 1.807) is 0 Å². The Morgan fingerprint density at radius 2 is 1.59 bits per heavy atom. The molecule has 6 heteroatoms. The number of pyridine rings is 1. The third-order valence-electron chi connectivity index (χ3n) is 7.96. The van der Waals surface area contributed by atoms with Gasteiger partial charge in [-0.3, -0.25) is 4.98 Å². The molecule has 2 unspecified atom stereocenters. The summed E-state index contributed by atoms with van der Waals surface area (Å²) >= 11 is 5.97. The average Bonchev–Trinajstić information content (AvgIpc) is 3.45. The number of thiocarbonyl (C=S) groups is 1. The standard InChI is InChI=1S/C33H39N5S/c1-7-36(8-2)26-16-18-27(19-17-26)37-23(5)21-29(24(37)6)32-31(30-11-9-10-20-34-30)35-33(39)38(32)28-14-12-25(13-15-28)22(3)4/h9-22,31-32H,7-8H2,1-6H3,(H,35,39). The lowest BCUT2D eigenvalue weighted by Gasteiger charge is -2.28. The highest BCUT2D eigenvalue weighted by Gasteiger charge is 2.42. The monoisotopic (exact) mass is 537 g/mol. The molecule has 0 spiro atoms. The van der Waals surface area contributed by atoms with Gasteiger partial charge in [0.2, 0.25) is 0 Å². The van der Waals surface area contributed by atoms with Gasteiger partial charge in [0.25, 0.3) is 0 Å². The Hall–Kier alpha value is -3.64. The van der Waals surface area contributed by atoms with Crippen LogP contribution in [0.5, 0.6) is 0 Å². The first-order valence-electron chi connectivity index (χ1n) is 14.0. The van der Waals surface area contributed by atoms with E-state index in [1.807, 2.05) is 18.3 Å². The van der Waals surface area contributed by atoms with E-state index in [4.69, 9.17) is 17.2 Å². The molecule has 1 aliphatic rings. The van der Waals surface area contributed by atoms with E-state index in [0.717, 1.165) is 29.6 Å². The van der Waals surface area contributed by atoms with Crippen LogP contribution < -0.4 is 15.1 Å². The van der Waals surface area contributed by atoms with Crippen molar-refractivity contribution in [3.63, 3.8) is 0 Å². The molecular formula is C33H39N5S. The van der Waals surface area contributed by atoms with Crippen LogP contribution in [0.3, 0.4) is 0 Å². The summed E-state index contributed by atoms with van der Waals surface area (Å²) in [5, 5.41) is 4.34. The van der Waals surface area contributed by atoms with Crippen molar-refractivity contribution in [2.45, 2.75) is 59.5 Å². The van der Waals surface area contributed by atoms with Crippen molar-refractivity contribution in [1.82, 2.24) is 14.9 Å². The van der Waals surface area contributed by atoms with Crippen LogP contribution in [0.1, 0.15) is 73.9 Å². The molecule has 2 atom stereocenters. The van der Waals surface area contributed by atoms with Gasteiger partial charge >= 0.3 is 0 Å². The zero-order valence-corrected chi connectivity index (χ0v) is 24.7. The van der Waals surface area contributed by atoms with Crippen molar-refractivity contribution < 1.29 is 0 Å². The van der Waals surface area contributed by atoms with E-state index in [2.05, 4.69) is 122 Å². The van der Waals surface area contributed by atoms with Gasteiger partial charge in [0.15, 0.2) is 5.11 Å². The molecular weight excluding hydrogens is 498 g/mol. The summed E-state index contributed by atoms with van der Waals surface area (Å²) in [5.74, 6) is 0.479. The molecule has 1 saturated heterocycles. The first kappa shape index (κ1) is 26.9. The molecule has 4 aromatic rings. The number of benzene rings is 2. The summed E-state index contributed by atoms with van der Waals surface area (Å²) in [6.45, 7) is 15.2.